The highest BCUT2D eigenvalue weighted by atomic mass is 35.5. The normalized spacial score (nSPS) is 17.9. The highest BCUT2D eigenvalue weighted by molar-refractivity contribution is 6.31. The van der Waals surface area contributed by atoms with Gasteiger partial charge in [0.25, 0.3) is 5.91 Å². The predicted molar refractivity (Wildman–Crippen MR) is 87.2 cm³/mol. The van der Waals surface area contributed by atoms with E-state index in [4.69, 9.17) is 11.6 Å². The number of hydrogen-bond acceptors (Lipinski definition) is 3. The number of hydrogen-bond donors (Lipinski definition) is 1. The molecular formula is C17H15ClN2O2. The number of rotatable bonds is 3. The molecule has 2 aromatic rings. The van der Waals surface area contributed by atoms with Gasteiger partial charge in [0.1, 0.15) is 6.04 Å². The summed E-state index contributed by atoms with van der Waals surface area (Å²) in [6.07, 6.45) is 0.139. The quantitative estimate of drug-likeness (QED) is 0.883. The Balaban J connectivity index is 1.84. The maximum atomic E-state index is 12.5. The molecule has 0 spiro atoms. The largest absolute Gasteiger partial charge is 0.373 e. The zero-order valence-electron chi connectivity index (χ0n) is 12.0. The number of nitrogens with one attached hydrogen (secondary N) is 1. The Bertz CT molecular complexity index is 745. The number of anilines is 2. The lowest BCUT2D eigenvalue weighted by Crippen LogP contribution is -2.34. The van der Waals surface area contributed by atoms with Crippen molar-refractivity contribution in [2.45, 2.75) is 19.4 Å². The highest BCUT2D eigenvalue weighted by Crippen LogP contribution is 2.27. The third-order valence-electron chi connectivity index (χ3n) is 3.69. The molecule has 2 amide bonds. The first-order valence-electron chi connectivity index (χ1n) is 7.01. The van der Waals surface area contributed by atoms with Crippen LogP contribution in [0.4, 0.5) is 11.4 Å². The zero-order valence-corrected chi connectivity index (χ0v) is 12.8. The van der Waals surface area contributed by atoms with Crippen molar-refractivity contribution in [3.63, 3.8) is 0 Å². The Morgan fingerprint density at radius 3 is 2.64 bits per heavy atom. The van der Waals surface area contributed by atoms with Gasteiger partial charge < -0.3 is 5.32 Å². The van der Waals surface area contributed by atoms with Crippen LogP contribution in [-0.2, 0) is 9.59 Å². The van der Waals surface area contributed by atoms with Crippen molar-refractivity contribution in [2.75, 3.05) is 10.2 Å². The first-order chi connectivity index (χ1) is 10.6. The van der Waals surface area contributed by atoms with Crippen molar-refractivity contribution in [1.82, 2.24) is 0 Å². The summed E-state index contributed by atoms with van der Waals surface area (Å²) in [4.78, 5) is 25.9. The van der Waals surface area contributed by atoms with Gasteiger partial charge in [-0.3, -0.25) is 9.59 Å². The molecule has 0 radical (unpaired) electrons. The first-order valence-corrected chi connectivity index (χ1v) is 7.38. The monoisotopic (exact) mass is 314 g/mol. The number of halogens is 1. The molecule has 0 saturated carbocycles. The lowest BCUT2D eigenvalue weighted by atomic mass is 10.1. The second-order valence-corrected chi connectivity index (χ2v) is 5.70. The van der Waals surface area contributed by atoms with E-state index in [-0.39, 0.29) is 18.2 Å². The Labute approximate surface area is 133 Å². The molecule has 1 heterocycles. The second kappa shape index (κ2) is 5.81. The highest BCUT2D eigenvalue weighted by Gasteiger charge is 2.39. The van der Waals surface area contributed by atoms with E-state index in [0.29, 0.717) is 10.7 Å². The molecule has 0 aliphatic carbocycles. The summed E-state index contributed by atoms with van der Waals surface area (Å²) < 4.78 is 0. The van der Waals surface area contributed by atoms with E-state index < -0.39 is 6.04 Å². The van der Waals surface area contributed by atoms with Crippen LogP contribution in [0.3, 0.4) is 0 Å². The van der Waals surface area contributed by atoms with E-state index in [0.717, 1.165) is 11.3 Å². The summed E-state index contributed by atoms with van der Waals surface area (Å²) in [5, 5.41) is 3.65. The Kier molecular flexibility index (Phi) is 3.86. The maximum Gasteiger partial charge on any atom is 0.256 e. The standard InChI is InChI=1S/C17H15ClN2O2/c1-11-5-2-3-8-14(11)19-15-10-16(21)20(17(15)22)13-7-4-6-12(18)9-13/h2-9,15,19H,10H2,1H3. The lowest BCUT2D eigenvalue weighted by Gasteiger charge is -2.17. The first kappa shape index (κ1) is 14.6. The van der Waals surface area contributed by atoms with Crippen molar-refractivity contribution < 1.29 is 9.59 Å². The van der Waals surface area contributed by atoms with E-state index in [1.165, 1.54) is 4.90 Å². The topological polar surface area (TPSA) is 49.4 Å². The van der Waals surface area contributed by atoms with Crippen molar-refractivity contribution in [3.8, 4) is 0 Å². The molecule has 4 nitrogen and oxygen atoms in total. The van der Waals surface area contributed by atoms with E-state index >= 15 is 0 Å². The number of nitrogens with zero attached hydrogens (tertiary/aromatic N) is 1. The van der Waals surface area contributed by atoms with Gasteiger partial charge in [0.2, 0.25) is 5.91 Å². The Morgan fingerprint density at radius 2 is 1.91 bits per heavy atom. The van der Waals surface area contributed by atoms with Crippen LogP contribution in [0.15, 0.2) is 48.5 Å². The fourth-order valence-electron chi connectivity index (χ4n) is 2.55. The summed E-state index contributed by atoms with van der Waals surface area (Å²) >= 11 is 5.94. The summed E-state index contributed by atoms with van der Waals surface area (Å²) in [5.74, 6) is -0.478. The molecule has 3 rings (SSSR count). The Hall–Kier alpha value is -2.33. The van der Waals surface area contributed by atoms with Gasteiger partial charge in [-0.05, 0) is 36.8 Å². The summed E-state index contributed by atoms with van der Waals surface area (Å²) in [6.45, 7) is 1.96. The second-order valence-electron chi connectivity index (χ2n) is 5.26. The van der Waals surface area contributed by atoms with Gasteiger partial charge in [-0.25, -0.2) is 4.90 Å². The smallest absolute Gasteiger partial charge is 0.256 e. The molecule has 1 atom stereocenters. The van der Waals surface area contributed by atoms with E-state index in [1.54, 1.807) is 24.3 Å². The average Bonchev–Trinajstić information content (AvgIpc) is 2.76. The lowest BCUT2D eigenvalue weighted by molar-refractivity contribution is -0.121. The van der Waals surface area contributed by atoms with Crippen molar-refractivity contribution in [1.29, 1.82) is 0 Å². The van der Waals surface area contributed by atoms with Gasteiger partial charge in [-0.1, -0.05) is 35.9 Å². The molecule has 1 fully saturated rings. The molecule has 112 valence electrons. The van der Waals surface area contributed by atoms with Crippen molar-refractivity contribution >= 4 is 34.8 Å². The maximum absolute atomic E-state index is 12.5. The molecule has 1 unspecified atom stereocenters. The van der Waals surface area contributed by atoms with Crippen LogP contribution in [0, 0.1) is 6.92 Å². The van der Waals surface area contributed by atoms with Crippen LogP contribution in [-0.4, -0.2) is 17.9 Å². The van der Waals surface area contributed by atoms with Gasteiger partial charge in [0.15, 0.2) is 0 Å². The fourth-order valence-corrected chi connectivity index (χ4v) is 2.74. The van der Waals surface area contributed by atoms with E-state index in [9.17, 15) is 9.59 Å². The van der Waals surface area contributed by atoms with Gasteiger partial charge >= 0.3 is 0 Å². The minimum Gasteiger partial charge on any atom is -0.373 e. The van der Waals surface area contributed by atoms with Crippen LogP contribution in [0.1, 0.15) is 12.0 Å². The number of carbonyl (C=O) groups is 2. The average molecular weight is 315 g/mol. The number of benzene rings is 2. The van der Waals surface area contributed by atoms with Crippen molar-refractivity contribution in [3.05, 3.63) is 59.1 Å². The Morgan fingerprint density at radius 1 is 1.14 bits per heavy atom. The fraction of sp³-hybridized carbons (Fsp3) is 0.176. The summed E-state index contributed by atoms with van der Waals surface area (Å²) in [7, 11) is 0. The summed E-state index contributed by atoms with van der Waals surface area (Å²) in [5.41, 5.74) is 2.40. The van der Waals surface area contributed by atoms with Crippen LogP contribution < -0.4 is 10.2 Å². The SMILES string of the molecule is Cc1ccccc1NC1CC(=O)N(c2cccc(Cl)c2)C1=O. The van der Waals surface area contributed by atoms with Crippen LogP contribution in [0.2, 0.25) is 5.02 Å². The molecule has 22 heavy (non-hydrogen) atoms. The van der Waals surface area contributed by atoms with Crippen molar-refractivity contribution in [2.24, 2.45) is 0 Å². The predicted octanol–water partition coefficient (Wildman–Crippen LogP) is 3.39. The molecule has 1 aliphatic rings. The zero-order chi connectivity index (χ0) is 15.7. The molecule has 2 aromatic carbocycles. The molecule has 1 N–H and O–H groups in total. The van der Waals surface area contributed by atoms with Crippen LogP contribution in [0.25, 0.3) is 0 Å². The van der Waals surface area contributed by atoms with Crippen LogP contribution in [0.5, 0.6) is 0 Å². The van der Waals surface area contributed by atoms with Crippen LogP contribution >= 0.6 is 11.6 Å². The number of carbonyl (C=O) groups excluding carboxylic acids is 2. The van der Waals surface area contributed by atoms with E-state index in [2.05, 4.69) is 5.32 Å². The molecule has 0 aromatic heterocycles. The third kappa shape index (κ3) is 2.70. The minimum absolute atomic E-state index is 0.139. The molecule has 1 aliphatic heterocycles. The number of aryl methyl sites for hydroxylation is 1. The molecular weight excluding hydrogens is 300 g/mol. The number of amides is 2. The van der Waals surface area contributed by atoms with Gasteiger partial charge in [-0.2, -0.15) is 0 Å². The van der Waals surface area contributed by atoms with Gasteiger partial charge in [0.05, 0.1) is 12.1 Å². The van der Waals surface area contributed by atoms with Gasteiger partial charge in [-0.15, -0.1) is 0 Å². The van der Waals surface area contributed by atoms with E-state index in [1.807, 2.05) is 31.2 Å². The summed E-state index contributed by atoms with van der Waals surface area (Å²) in [6, 6.07) is 13.9. The third-order valence-corrected chi connectivity index (χ3v) is 3.92. The molecule has 0 bridgehead atoms. The van der Waals surface area contributed by atoms with Gasteiger partial charge in [0, 0.05) is 10.7 Å². The number of para-hydroxylation sites is 1. The molecule has 1 saturated heterocycles. The molecule has 5 heteroatoms. The number of imide groups is 1. The minimum atomic E-state index is -0.549.